The van der Waals surface area contributed by atoms with Gasteiger partial charge in [0, 0.05) is 51.0 Å². The fraction of sp³-hybridized carbons (Fsp3) is 0.471. The van der Waals surface area contributed by atoms with E-state index in [2.05, 4.69) is 4.98 Å². The Labute approximate surface area is 150 Å². The van der Waals surface area contributed by atoms with Crippen LogP contribution in [-0.4, -0.2) is 59.8 Å². The van der Waals surface area contributed by atoms with Gasteiger partial charge in [-0.05, 0) is 11.4 Å². The van der Waals surface area contributed by atoms with E-state index in [1.165, 1.54) is 4.57 Å². The third kappa shape index (κ3) is 4.26. The van der Waals surface area contributed by atoms with Gasteiger partial charge >= 0.3 is 0 Å². The van der Waals surface area contributed by atoms with Crippen molar-refractivity contribution in [1.82, 2.24) is 14.5 Å². The van der Waals surface area contributed by atoms with E-state index in [0.717, 1.165) is 4.88 Å². The molecule has 1 amide bonds. The van der Waals surface area contributed by atoms with Crippen LogP contribution in [0.25, 0.3) is 0 Å². The first kappa shape index (κ1) is 17.6. The first-order valence-corrected chi connectivity index (χ1v) is 9.07. The predicted octanol–water partition coefficient (Wildman–Crippen LogP) is 0.748. The predicted molar refractivity (Wildman–Crippen MR) is 97.1 cm³/mol. The summed E-state index contributed by atoms with van der Waals surface area (Å²) in [5.41, 5.74) is -0.147. The molecule has 3 heterocycles. The summed E-state index contributed by atoms with van der Waals surface area (Å²) in [6.45, 7) is 2.15. The first-order valence-electron chi connectivity index (χ1n) is 8.19. The van der Waals surface area contributed by atoms with Gasteiger partial charge in [0.15, 0.2) is 5.82 Å². The molecule has 0 spiro atoms. The second kappa shape index (κ2) is 7.79. The lowest BCUT2D eigenvalue weighted by atomic mass is 10.2. The van der Waals surface area contributed by atoms with Crippen LogP contribution >= 0.6 is 11.3 Å². The van der Waals surface area contributed by atoms with Crippen molar-refractivity contribution in [2.24, 2.45) is 7.05 Å². The maximum Gasteiger partial charge on any atom is 0.293 e. The summed E-state index contributed by atoms with van der Waals surface area (Å²) in [4.78, 5) is 33.5. The second-order valence-corrected chi connectivity index (χ2v) is 7.17. The topological polar surface area (TPSA) is 67.7 Å². The lowest BCUT2D eigenvalue weighted by Crippen LogP contribution is -2.50. The van der Waals surface area contributed by atoms with Gasteiger partial charge in [-0.2, -0.15) is 0 Å². The zero-order valence-corrected chi connectivity index (χ0v) is 15.2. The quantitative estimate of drug-likeness (QED) is 0.785. The van der Waals surface area contributed by atoms with Crippen molar-refractivity contribution in [3.8, 4) is 0 Å². The Morgan fingerprint density at radius 1 is 1.52 bits per heavy atom. The van der Waals surface area contributed by atoms with Crippen LogP contribution in [0, 0.1) is 0 Å². The van der Waals surface area contributed by atoms with Crippen LogP contribution in [0.2, 0.25) is 0 Å². The minimum Gasteiger partial charge on any atom is -0.373 e. The van der Waals surface area contributed by atoms with Crippen molar-refractivity contribution >= 4 is 23.1 Å². The third-order valence-corrected chi connectivity index (χ3v) is 5.11. The fourth-order valence-electron chi connectivity index (χ4n) is 2.87. The van der Waals surface area contributed by atoms with Crippen LogP contribution < -0.4 is 10.5 Å². The summed E-state index contributed by atoms with van der Waals surface area (Å²) in [5, 5.41) is 1.98. The molecule has 1 saturated heterocycles. The summed E-state index contributed by atoms with van der Waals surface area (Å²) in [7, 11) is 3.52. The molecule has 1 aliphatic rings. The second-order valence-electron chi connectivity index (χ2n) is 6.14. The van der Waals surface area contributed by atoms with Gasteiger partial charge in [0.1, 0.15) is 0 Å². The van der Waals surface area contributed by atoms with Gasteiger partial charge < -0.3 is 19.1 Å². The van der Waals surface area contributed by atoms with Crippen molar-refractivity contribution in [3.05, 3.63) is 45.1 Å². The Bertz CT molecular complexity index is 774. The minimum absolute atomic E-state index is 0.118. The van der Waals surface area contributed by atoms with Crippen LogP contribution in [0.3, 0.4) is 0 Å². The van der Waals surface area contributed by atoms with E-state index >= 15 is 0 Å². The number of thiophene rings is 1. The van der Waals surface area contributed by atoms with E-state index in [9.17, 15) is 9.59 Å². The van der Waals surface area contributed by atoms with E-state index in [0.29, 0.717) is 38.5 Å². The first-order chi connectivity index (χ1) is 12.0. The summed E-state index contributed by atoms with van der Waals surface area (Å²) in [6, 6.07) is 3.93. The Morgan fingerprint density at radius 3 is 3.12 bits per heavy atom. The molecule has 2 aromatic rings. The molecule has 0 N–H and O–H groups in total. The highest BCUT2D eigenvalue weighted by Crippen LogP contribution is 2.14. The molecule has 0 radical (unpaired) electrons. The third-order valence-electron chi connectivity index (χ3n) is 4.23. The number of rotatable bonds is 5. The highest BCUT2D eigenvalue weighted by atomic mass is 32.1. The number of anilines is 1. The number of amides is 1. The van der Waals surface area contributed by atoms with E-state index < -0.39 is 0 Å². The number of hydrogen-bond acceptors (Lipinski definition) is 6. The van der Waals surface area contributed by atoms with Crippen LogP contribution in [0.1, 0.15) is 4.88 Å². The standard InChI is InChI=1S/C17H22N4O3S/c1-19-6-5-18-16(17(19)23)20(2)11-13-12-21(7-8-24-13)15(22)10-14-4-3-9-25-14/h3-6,9,13H,7-8,10-12H2,1-2H3/t13-/m0/s1. The van der Waals surface area contributed by atoms with Crippen molar-refractivity contribution in [1.29, 1.82) is 0 Å². The minimum atomic E-state index is -0.147. The number of likely N-dealkylation sites (N-methyl/N-ethyl adjacent to an activating group) is 1. The molecule has 0 unspecified atom stereocenters. The Balaban J connectivity index is 1.60. The van der Waals surface area contributed by atoms with Crippen molar-refractivity contribution in [2.75, 3.05) is 38.2 Å². The summed E-state index contributed by atoms with van der Waals surface area (Å²) < 4.78 is 7.28. The monoisotopic (exact) mass is 362 g/mol. The number of carbonyl (C=O) groups is 1. The zero-order chi connectivity index (χ0) is 17.8. The maximum absolute atomic E-state index is 12.5. The number of aromatic nitrogens is 2. The molecular formula is C17H22N4O3S. The van der Waals surface area contributed by atoms with Gasteiger partial charge in [-0.3, -0.25) is 9.59 Å². The number of hydrogen-bond donors (Lipinski definition) is 0. The molecule has 1 atom stereocenters. The number of ether oxygens (including phenoxy) is 1. The van der Waals surface area contributed by atoms with Gasteiger partial charge in [0.2, 0.25) is 5.91 Å². The molecule has 8 heteroatoms. The van der Waals surface area contributed by atoms with E-state index in [1.807, 2.05) is 29.5 Å². The SMILES string of the molecule is CN(C[C@H]1CN(C(=O)Cc2cccs2)CCO1)c1nccn(C)c1=O. The Hall–Kier alpha value is -2.19. The molecule has 1 fully saturated rings. The van der Waals surface area contributed by atoms with Gasteiger partial charge in [-0.1, -0.05) is 6.07 Å². The molecule has 0 aromatic carbocycles. The van der Waals surface area contributed by atoms with Crippen molar-refractivity contribution < 1.29 is 9.53 Å². The highest BCUT2D eigenvalue weighted by molar-refractivity contribution is 7.10. The number of morpholine rings is 1. The summed E-state index contributed by atoms with van der Waals surface area (Å²) in [6.07, 6.45) is 3.52. The van der Waals surface area contributed by atoms with Crippen LogP contribution in [0.4, 0.5) is 5.82 Å². The molecule has 0 bridgehead atoms. The van der Waals surface area contributed by atoms with Crippen LogP contribution in [0.15, 0.2) is 34.7 Å². The average molecular weight is 362 g/mol. The number of aryl methyl sites for hydroxylation is 1. The van der Waals surface area contributed by atoms with Gasteiger partial charge in [0.25, 0.3) is 5.56 Å². The van der Waals surface area contributed by atoms with Gasteiger partial charge in [-0.25, -0.2) is 4.98 Å². The van der Waals surface area contributed by atoms with Crippen molar-refractivity contribution in [3.63, 3.8) is 0 Å². The Kier molecular flexibility index (Phi) is 5.50. The average Bonchev–Trinajstić information content (AvgIpc) is 3.10. The van der Waals surface area contributed by atoms with Crippen LogP contribution in [-0.2, 0) is 23.0 Å². The van der Waals surface area contributed by atoms with E-state index in [-0.39, 0.29) is 17.6 Å². The molecule has 1 aliphatic heterocycles. The molecule has 7 nitrogen and oxygen atoms in total. The molecule has 0 saturated carbocycles. The molecule has 134 valence electrons. The van der Waals surface area contributed by atoms with Crippen LogP contribution in [0.5, 0.6) is 0 Å². The number of carbonyl (C=O) groups excluding carboxylic acids is 1. The Morgan fingerprint density at radius 2 is 2.36 bits per heavy atom. The maximum atomic E-state index is 12.5. The number of nitrogens with zero attached hydrogens (tertiary/aromatic N) is 4. The van der Waals surface area contributed by atoms with Crippen molar-refractivity contribution in [2.45, 2.75) is 12.5 Å². The largest absolute Gasteiger partial charge is 0.373 e. The molecule has 3 rings (SSSR count). The smallest absolute Gasteiger partial charge is 0.293 e. The summed E-state index contributed by atoms with van der Waals surface area (Å²) >= 11 is 1.59. The normalized spacial score (nSPS) is 17.5. The van der Waals surface area contributed by atoms with Gasteiger partial charge in [-0.15, -0.1) is 11.3 Å². The lowest BCUT2D eigenvalue weighted by molar-refractivity contribution is -0.137. The van der Waals surface area contributed by atoms with E-state index in [4.69, 9.17) is 4.74 Å². The van der Waals surface area contributed by atoms with Gasteiger partial charge in [0.05, 0.1) is 19.1 Å². The zero-order valence-electron chi connectivity index (χ0n) is 14.4. The highest BCUT2D eigenvalue weighted by Gasteiger charge is 2.26. The molecular weight excluding hydrogens is 340 g/mol. The molecule has 0 aliphatic carbocycles. The lowest BCUT2D eigenvalue weighted by Gasteiger charge is -2.35. The van der Waals surface area contributed by atoms with E-state index in [1.54, 1.807) is 35.7 Å². The summed E-state index contributed by atoms with van der Waals surface area (Å²) in [5.74, 6) is 0.503. The molecule has 25 heavy (non-hydrogen) atoms. The molecule has 2 aromatic heterocycles. The fourth-order valence-corrected chi connectivity index (χ4v) is 3.56.